The molecule has 0 heterocycles. The van der Waals surface area contributed by atoms with Gasteiger partial charge in [-0.1, -0.05) is 37.6 Å². The molecular weight excluding hydrogens is 338 g/mol. The molecule has 0 saturated heterocycles. The number of methoxy groups -OCH3 is 2. The van der Waals surface area contributed by atoms with Gasteiger partial charge in [-0.3, -0.25) is 4.79 Å². The van der Waals surface area contributed by atoms with Crippen LogP contribution in [0.15, 0.2) is 42.5 Å². The summed E-state index contributed by atoms with van der Waals surface area (Å²) in [5, 5.41) is 3.30. The van der Waals surface area contributed by atoms with E-state index in [1.54, 1.807) is 14.2 Å². The summed E-state index contributed by atoms with van der Waals surface area (Å²) < 4.78 is 10.8. The lowest BCUT2D eigenvalue weighted by atomic mass is 9.86. The standard InChI is InChI=1S/C23H29NO3/c1-4-6-20(17-10-13-19(26-2)14-11-17)23(25)24-18-12-9-16-7-5-8-22(27-3)21(16)15-18/h5,7-8,10-11,13-14,18,20H,4,6,9,12,15H2,1-3H3,(H,24,25). The number of amides is 1. The summed E-state index contributed by atoms with van der Waals surface area (Å²) in [5.74, 6) is 1.72. The van der Waals surface area contributed by atoms with E-state index in [2.05, 4.69) is 18.3 Å². The van der Waals surface area contributed by atoms with Crippen molar-refractivity contribution >= 4 is 5.91 Å². The van der Waals surface area contributed by atoms with E-state index < -0.39 is 0 Å². The first-order valence-corrected chi connectivity index (χ1v) is 9.75. The Morgan fingerprint density at radius 2 is 1.93 bits per heavy atom. The Morgan fingerprint density at radius 3 is 2.59 bits per heavy atom. The van der Waals surface area contributed by atoms with E-state index in [0.29, 0.717) is 0 Å². The van der Waals surface area contributed by atoms with Crippen LogP contribution in [0.4, 0.5) is 0 Å². The minimum absolute atomic E-state index is 0.116. The van der Waals surface area contributed by atoms with Gasteiger partial charge in [-0.25, -0.2) is 0 Å². The quantitative estimate of drug-likeness (QED) is 0.795. The SMILES string of the molecule is CCCC(C(=O)NC1CCc2cccc(OC)c2C1)c1ccc(OC)cc1. The molecule has 1 N–H and O–H groups in total. The lowest BCUT2D eigenvalue weighted by Crippen LogP contribution is -2.41. The molecule has 2 atom stereocenters. The molecule has 3 rings (SSSR count). The molecule has 0 fully saturated rings. The van der Waals surface area contributed by atoms with Crippen LogP contribution in [0.25, 0.3) is 0 Å². The monoisotopic (exact) mass is 367 g/mol. The number of aryl methyl sites for hydroxylation is 1. The molecule has 0 aliphatic heterocycles. The summed E-state index contributed by atoms with van der Waals surface area (Å²) in [4.78, 5) is 13.0. The van der Waals surface area contributed by atoms with Gasteiger partial charge in [0.05, 0.1) is 20.1 Å². The molecule has 0 bridgehead atoms. The molecule has 4 heteroatoms. The molecule has 1 aliphatic carbocycles. The molecule has 27 heavy (non-hydrogen) atoms. The molecule has 0 radical (unpaired) electrons. The maximum Gasteiger partial charge on any atom is 0.227 e. The van der Waals surface area contributed by atoms with E-state index in [1.807, 2.05) is 36.4 Å². The highest BCUT2D eigenvalue weighted by Gasteiger charge is 2.26. The van der Waals surface area contributed by atoms with Gasteiger partial charge in [0.2, 0.25) is 5.91 Å². The first-order chi connectivity index (χ1) is 13.2. The largest absolute Gasteiger partial charge is 0.497 e. The molecule has 0 saturated carbocycles. The van der Waals surface area contributed by atoms with E-state index in [-0.39, 0.29) is 17.9 Å². The van der Waals surface area contributed by atoms with E-state index >= 15 is 0 Å². The van der Waals surface area contributed by atoms with Crippen molar-refractivity contribution in [2.45, 2.75) is 51.0 Å². The van der Waals surface area contributed by atoms with E-state index in [9.17, 15) is 4.79 Å². The zero-order valence-electron chi connectivity index (χ0n) is 16.5. The third-order valence-electron chi connectivity index (χ3n) is 5.42. The third-order valence-corrected chi connectivity index (χ3v) is 5.42. The van der Waals surface area contributed by atoms with Crippen molar-refractivity contribution in [1.82, 2.24) is 5.32 Å². The fraction of sp³-hybridized carbons (Fsp3) is 0.435. The molecule has 4 nitrogen and oxygen atoms in total. The number of nitrogens with one attached hydrogen (secondary N) is 1. The minimum atomic E-state index is -0.125. The molecule has 1 aliphatic rings. The van der Waals surface area contributed by atoms with Gasteiger partial charge in [0.1, 0.15) is 11.5 Å². The number of carbonyl (C=O) groups excluding carboxylic acids is 1. The Morgan fingerprint density at radius 1 is 1.15 bits per heavy atom. The van der Waals surface area contributed by atoms with Crippen molar-refractivity contribution in [3.05, 3.63) is 59.2 Å². The molecule has 1 amide bonds. The van der Waals surface area contributed by atoms with Crippen molar-refractivity contribution in [2.24, 2.45) is 0 Å². The van der Waals surface area contributed by atoms with Gasteiger partial charge in [0.25, 0.3) is 0 Å². The second-order valence-corrected chi connectivity index (χ2v) is 7.16. The van der Waals surface area contributed by atoms with Crippen LogP contribution in [0.5, 0.6) is 11.5 Å². The summed E-state index contributed by atoms with van der Waals surface area (Å²) in [7, 11) is 3.36. The summed E-state index contributed by atoms with van der Waals surface area (Å²) in [5.41, 5.74) is 3.61. The van der Waals surface area contributed by atoms with Crippen LogP contribution < -0.4 is 14.8 Å². The normalized spacial score (nSPS) is 16.9. The molecule has 2 aromatic carbocycles. The van der Waals surface area contributed by atoms with Crippen molar-refractivity contribution in [3.63, 3.8) is 0 Å². The third kappa shape index (κ3) is 4.44. The highest BCUT2D eigenvalue weighted by atomic mass is 16.5. The Kier molecular flexibility index (Phi) is 6.38. The van der Waals surface area contributed by atoms with Crippen molar-refractivity contribution in [3.8, 4) is 11.5 Å². The highest BCUT2D eigenvalue weighted by Crippen LogP contribution is 2.30. The number of fused-ring (bicyclic) bond motifs is 1. The zero-order valence-corrected chi connectivity index (χ0v) is 16.5. The van der Waals surface area contributed by atoms with Gasteiger partial charge in [-0.2, -0.15) is 0 Å². The Hall–Kier alpha value is -2.49. The predicted octanol–water partition coefficient (Wildman–Crippen LogP) is 4.26. The van der Waals surface area contributed by atoms with Gasteiger partial charge in [0, 0.05) is 6.04 Å². The van der Waals surface area contributed by atoms with Gasteiger partial charge < -0.3 is 14.8 Å². The van der Waals surface area contributed by atoms with Crippen molar-refractivity contribution in [2.75, 3.05) is 14.2 Å². The summed E-state index contributed by atoms with van der Waals surface area (Å²) in [6, 6.07) is 14.2. The van der Waals surface area contributed by atoms with Crippen molar-refractivity contribution < 1.29 is 14.3 Å². The summed E-state index contributed by atoms with van der Waals surface area (Å²) in [6.07, 6.45) is 4.56. The lowest BCUT2D eigenvalue weighted by molar-refractivity contribution is -0.123. The van der Waals surface area contributed by atoms with Gasteiger partial charge in [-0.15, -0.1) is 0 Å². The van der Waals surface area contributed by atoms with Crippen LogP contribution in [0.2, 0.25) is 0 Å². The van der Waals surface area contributed by atoms with E-state index in [4.69, 9.17) is 9.47 Å². The first kappa shape index (κ1) is 19.3. The average molecular weight is 367 g/mol. The van der Waals surface area contributed by atoms with E-state index in [0.717, 1.165) is 49.2 Å². The number of hydrogen-bond acceptors (Lipinski definition) is 3. The Bertz CT molecular complexity index is 755. The first-order valence-electron chi connectivity index (χ1n) is 9.75. The highest BCUT2D eigenvalue weighted by molar-refractivity contribution is 5.84. The molecular formula is C23H29NO3. The van der Waals surface area contributed by atoms with Crippen molar-refractivity contribution in [1.29, 1.82) is 0 Å². The second-order valence-electron chi connectivity index (χ2n) is 7.16. The summed E-state index contributed by atoms with van der Waals surface area (Å²) >= 11 is 0. The van der Waals surface area contributed by atoms with Gasteiger partial charge >= 0.3 is 0 Å². The van der Waals surface area contributed by atoms with Crippen LogP contribution in [0.3, 0.4) is 0 Å². The maximum absolute atomic E-state index is 13.0. The Balaban J connectivity index is 1.72. The minimum Gasteiger partial charge on any atom is -0.497 e. The molecule has 144 valence electrons. The molecule has 2 unspecified atom stereocenters. The topological polar surface area (TPSA) is 47.6 Å². The molecule has 0 spiro atoms. The number of hydrogen-bond donors (Lipinski definition) is 1. The second kappa shape index (κ2) is 8.94. The van der Waals surface area contributed by atoms with E-state index in [1.165, 1.54) is 11.1 Å². The fourth-order valence-electron chi connectivity index (χ4n) is 3.95. The van der Waals surface area contributed by atoms with Crippen LogP contribution in [0.1, 0.15) is 48.8 Å². The summed E-state index contributed by atoms with van der Waals surface area (Å²) in [6.45, 7) is 2.12. The Labute approximate surface area is 161 Å². The van der Waals surface area contributed by atoms with Crippen LogP contribution in [-0.4, -0.2) is 26.2 Å². The van der Waals surface area contributed by atoms with Crippen LogP contribution in [-0.2, 0) is 17.6 Å². The van der Waals surface area contributed by atoms with Crippen LogP contribution in [0, 0.1) is 0 Å². The zero-order chi connectivity index (χ0) is 19.2. The van der Waals surface area contributed by atoms with Gasteiger partial charge in [0.15, 0.2) is 0 Å². The molecule has 2 aromatic rings. The smallest absolute Gasteiger partial charge is 0.227 e. The average Bonchev–Trinajstić information content (AvgIpc) is 2.71. The fourth-order valence-corrected chi connectivity index (χ4v) is 3.95. The number of ether oxygens (including phenoxy) is 2. The number of carbonyl (C=O) groups is 1. The maximum atomic E-state index is 13.0. The number of rotatable bonds is 7. The van der Waals surface area contributed by atoms with Crippen LogP contribution >= 0.6 is 0 Å². The molecule has 0 aromatic heterocycles. The lowest BCUT2D eigenvalue weighted by Gasteiger charge is -2.28. The van der Waals surface area contributed by atoms with Gasteiger partial charge in [-0.05, 0) is 60.6 Å². The predicted molar refractivity (Wildman–Crippen MR) is 108 cm³/mol. The number of benzene rings is 2.